The average molecular weight is 271 g/mol. The van der Waals surface area contributed by atoms with E-state index in [-0.39, 0.29) is 6.04 Å². The zero-order chi connectivity index (χ0) is 13.3. The lowest BCUT2D eigenvalue weighted by atomic mass is 9.87. The average Bonchev–Trinajstić information content (AvgIpc) is 2.75. The number of sulfonamides is 1. The number of aromatic amines is 1. The van der Waals surface area contributed by atoms with E-state index in [1.807, 2.05) is 0 Å². The topological polar surface area (TPSA) is 66.1 Å². The second-order valence-electron chi connectivity index (χ2n) is 5.31. The number of hydrogen-bond acceptors (Lipinski definition) is 3. The van der Waals surface area contributed by atoms with Gasteiger partial charge in [-0.25, -0.2) is 8.42 Å². The number of rotatable bonds is 3. The molecule has 1 aliphatic carbocycles. The molecule has 0 amide bonds. The zero-order valence-electron chi connectivity index (χ0n) is 11.2. The quantitative estimate of drug-likeness (QED) is 0.913. The fraction of sp³-hybridized carbons (Fsp3) is 0.750. The van der Waals surface area contributed by atoms with E-state index in [2.05, 4.69) is 17.1 Å². The van der Waals surface area contributed by atoms with Gasteiger partial charge in [0, 0.05) is 13.1 Å². The first-order chi connectivity index (χ1) is 8.43. The molecule has 0 aliphatic heterocycles. The Morgan fingerprint density at radius 1 is 1.44 bits per heavy atom. The summed E-state index contributed by atoms with van der Waals surface area (Å²) in [6.45, 7) is 3.92. The SMILES string of the molecule is Cc1[nH]ncc1S(=O)(=O)N(C)C1CCCC(C)C1. The molecule has 0 aromatic carbocycles. The minimum absolute atomic E-state index is 0.119. The smallest absolute Gasteiger partial charge is 0.246 e. The maximum absolute atomic E-state index is 12.5. The van der Waals surface area contributed by atoms with Crippen molar-refractivity contribution in [2.24, 2.45) is 5.92 Å². The Kier molecular flexibility index (Phi) is 3.77. The molecule has 1 N–H and O–H groups in total. The summed E-state index contributed by atoms with van der Waals surface area (Å²) in [6.07, 6.45) is 5.61. The molecule has 1 fully saturated rings. The van der Waals surface area contributed by atoms with Crippen LogP contribution in [0.4, 0.5) is 0 Å². The van der Waals surface area contributed by atoms with Crippen LogP contribution < -0.4 is 0 Å². The minimum atomic E-state index is -3.41. The van der Waals surface area contributed by atoms with Gasteiger partial charge in [0.15, 0.2) is 0 Å². The van der Waals surface area contributed by atoms with Crippen LogP contribution in [0.3, 0.4) is 0 Å². The molecule has 1 heterocycles. The van der Waals surface area contributed by atoms with Crippen LogP contribution >= 0.6 is 0 Å². The van der Waals surface area contributed by atoms with Gasteiger partial charge in [0.25, 0.3) is 0 Å². The molecule has 2 rings (SSSR count). The minimum Gasteiger partial charge on any atom is -0.281 e. The van der Waals surface area contributed by atoms with Crippen LogP contribution in [0.5, 0.6) is 0 Å². The van der Waals surface area contributed by atoms with Crippen molar-refractivity contribution in [2.75, 3.05) is 7.05 Å². The molecular formula is C12H21N3O2S. The largest absolute Gasteiger partial charge is 0.281 e. The van der Waals surface area contributed by atoms with E-state index in [4.69, 9.17) is 0 Å². The van der Waals surface area contributed by atoms with E-state index < -0.39 is 10.0 Å². The van der Waals surface area contributed by atoms with Crippen molar-refractivity contribution < 1.29 is 8.42 Å². The third-order valence-corrected chi connectivity index (χ3v) is 5.89. The van der Waals surface area contributed by atoms with Gasteiger partial charge in [-0.15, -0.1) is 0 Å². The Hall–Kier alpha value is -0.880. The summed E-state index contributed by atoms with van der Waals surface area (Å²) in [5.41, 5.74) is 0.603. The standard InChI is InChI=1S/C12H21N3O2S/c1-9-5-4-6-11(7-9)15(3)18(16,17)12-8-13-14-10(12)2/h8-9,11H,4-7H2,1-3H3,(H,13,14). The second kappa shape index (κ2) is 5.01. The van der Waals surface area contributed by atoms with Crippen molar-refractivity contribution in [3.8, 4) is 0 Å². The van der Waals surface area contributed by atoms with Gasteiger partial charge in [-0.2, -0.15) is 9.40 Å². The molecule has 0 spiro atoms. The number of nitrogens with zero attached hydrogens (tertiary/aromatic N) is 2. The van der Waals surface area contributed by atoms with Crippen molar-refractivity contribution in [1.82, 2.24) is 14.5 Å². The lowest BCUT2D eigenvalue weighted by Crippen LogP contribution is -2.39. The van der Waals surface area contributed by atoms with Gasteiger partial charge in [-0.3, -0.25) is 5.10 Å². The predicted octanol–water partition coefficient (Wildman–Crippen LogP) is 1.92. The molecular weight excluding hydrogens is 250 g/mol. The maximum atomic E-state index is 12.5. The van der Waals surface area contributed by atoms with Crippen molar-refractivity contribution in [3.63, 3.8) is 0 Å². The number of H-pyrrole nitrogens is 1. The lowest BCUT2D eigenvalue weighted by molar-refractivity contribution is 0.239. The molecule has 0 bridgehead atoms. The van der Waals surface area contributed by atoms with Crippen LogP contribution in [0.2, 0.25) is 0 Å². The van der Waals surface area contributed by atoms with Gasteiger partial charge in [0.05, 0.1) is 11.9 Å². The van der Waals surface area contributed by atoms with Crippen LogP contribution in [0.1, 0.15) is 38.3 Å². The van der Waals surface area contributed by atoms with E-state index in [9.17, 15) is 8.42 Å². The first kappa shape index (κ1) is 13.5. The fourth-order valence-electron chi connectivity index (χ4n) is 2.68. The predicted molar refractivity (Wildman–Crippen MR) is 69.7 cm³/mol. The summed E-state index contributed by atoms with van der Waals surface area (Å²) in [5, 5.41) is 6.49. The molecule has 102 valence electrons. The van der Waals surface area contributed by atoms with E-state index in [0.29, 0.717) is 16.5 Å². The normalized spacial score (nSPS) is 25.6. The summed E-state index contributed by atoms with van der Waals surface area (Å²) >= 11 is 0. The fourth-order valence-corrected chi connectivity index (χ4v) is 4.20. The van der Waals surface area contributed by atoms with Crippen molar-refractivity contribution in [2.45, 2.75) is 50.5 Å². The van der Waals surface area contributed by atoms with Gasteiger partial charge in [0.1, 0.15) is 4.90 Å². The van der Waals surface area contributed by atoms with Crippen molar-refractivity contribution in [3.05, 3.63) is 11.9 Å². The second-order valence-corrected chi connectivity index (χ2v) is 7.27. The Morgan fingerprint density at radius 3 is 2.72 bits per heavy atom. The highest BCUT2D eigenvalue weighted by atomic mass is 32.2. The number of aromatic nitrogens is 2. The highest BCUT2D eigenvalue weighted by Crippen LogP contribution is 2.30. The van der Waals surface area contributed by atoms with Gasteiger partial charge in [-0.05, 0) is 25.7 Å². The molecule has 5 nitrogen and oxygen atoms in total. The third-order valence-electron chi connectivity index (χ3n) is 3.86. The summed E-state index contributed by atoms with van der Waals surface area (Å²) in [6, 6.07) is 0.119. The highest BCUT2D eigenvalue weighted by molar-refractivity contribution is 7.89. The zero-order valence-corrected chi connectivity index (χ0v) is 12.0. The first-order valence-electron chi connectivity index (χ1n) is 6.41. The number of nitrogens with one attached hydrogen (secondary N) is 1. The third kappa shape index (κ3) is 2.44. The van der Waals surface area contributed by atoms with Crippen LogP contribution in [0, 0.1) is 12.8 Å². The number of aryl methyl sites for hydroxylation is 1. The van der Waals surface area contributed by atoms with Crippen molar-refractivity contribution >= 4 is 10.0 Å². The van der Waals surface area contributed by atoms with Crippen LogP contribution in [-0.2, 0) is 10.0 Å². The Bertz CT molecular complexity index is 509. The summed E-state index contributed by atoms with van der Waals surface area (Å²) in [4.78, 5) is 0.295. The van der Waals surface area contributed by atoms with E-state index in [1.54, 1.807) is 14.0 Å². The van der Waals surface area contributed by atoms with Crippen LogP contribution in [-0.4, -0.2) is 36.0 Å². The molecule has 1 aromatic rings. The van der Waals surface area contributed by atoms with Gasteiger partial charge >= 0.3 is 0 Å². The molecule has 6 heteroatoms. The first-order valence-corrected chi connectivity index (χ1v) is 7.85. The molecule has 1 aromatic heterocycles. The van der Waals surface area contributed by atoms with Crippen LogP contribution in [0.25, 0.3) is 0 Å². The lowest BCUT2D eigenvalue weighted by Gasteiger charge is -2.33. The molecule has 18 heavy (non-hydrogen) atoms. The maximum Gasteiger partial charge on any atom is 0.246 e. The van der Waals surface area contributed by atoms with Crippen LogP contribution in [0.15, 0.2) is 11.1 Å². The Morgan fingerprint density at radius 2 is 2.17 bits per heavy atom. The highest BCUT2D eigenvalue weighted by Gasteiger charge is 2.32. The molecule has 1 saturated carbocycles. The molecule has 0 radical (unpaired) electrons. The Balaban J connectivity index is 2.22. The van der Waals surface area contributed by atoms with Gasteiger partial charge < -0.3 is 0 Å². The summed E-state index contributed by atoms with van der Waals surface area (Å²) in [5.74, 6) is 0.604. The molecule has 1 aliphatic rings. The molecule has 0 saturated heterocycles. The van der Waals surface area contributed by atoms with Gasteiger partial charge in [-0.1, -0.05) is 19.8 Å². The van der Waals surface area contributed by atoms with E-state index in [1.165, 1.54) is 16.9 Å². The van der Waals surface area contributed by atoms with Crippen molar-refractivity contribution in [1.29, 1.82) is 0 Å². The summed E-state index contributed by atoms with van der Waals surface area (Å²) < 4.78 is 26.5. The monoisotopic (exact) mass is 271 g/mol. The van der Waals surface area contributed by atoms with E-state index in [0.717, 1.165) is 19.3 Å². The molecule has 2 unspecified atom stereocenters. The van der Waals surface area contributed by atoms with E-state index >= 15 is 0 Å². The number of hydrogen-bond donors (Lipinski definition) is 1. The van der Waals surface area contributed by atoms with Gasteiger partial charge in [0.2, 0.25) is 10.0 Å². The Labute approximate surface area is 109 Å². The molecule has 2 atom stereocenters. The summed E-state index contributed by atoms with van der Waals surface area (Å²) in [7, 11) is -1.72.